The maximum Gasteiger partial charge on any atom is 0.395 e. The van der Waals surface area contributed by atoms with Gasteiger partial charge in [0.15, 0.2) is 0 Å². The van der Waals surface area contributed by atoms with Crippen molar-refractivity contribution in [3.05, 3.63) is 61.7 Å². The zero-order valence-corrected chi connectivity index (χ0v) is 10.5. The Morgan fingerprint density at radius 1 is 1.33 bits per heavy atom. The van der Waals surface area contributed by atoms with Gasteiger partial charge in [0.05, 0.1) is 16.6 Å². The molecule has 0 unspecified atom stereocenters. The van der Waals surface area contributed by atoms with Crippen LogP contribution in [0.15, 0.2) is 29.1 Å². The Hall–Kier alpha value is -3.47. The van der Waals surface area contributed by atoms with Gasteiger partial charge in [-0.2, -0.15) is 10.2 Å². The lowest BCUT2D eigenvalue weighted by molar-refractivity contribution is -0.387. The molecule has 0 aliphatic carbocycles. The summed E-state index contributed by atoms with van der Waals surface area (Å²) in [4.78, 5) is 26.7. The molecule has 1 heterocycles. The fourth-order valence-electron chi connectivity index (χ4n) is 1.56. The molecule has 0 aliphatic rings. The van der Waals surface area contributed by atoms with Gasteiger partial charge < -0.3 is 10.1 Å². The molecule has 0 amide bonds. The van der Waals surface area contributed by atoms with E-state index >= 15 is 0 Å². The van der Waals surface area contributed by atoms with Gasteiger partial charge in [0, 0.05) is 0 Å². The Kier molecular flexibility index (Phi) is 3.76. The van der Waals surface area contributed by atoms with E-state index in [9.17, 15) is 20.0 Å². The minimum absolute atomic E-state index is 0.0209. The summed E-state index contributed by atoms with van der Waals surface area (Å²) in [6.07, 6.45) is 2.96. The summed E-state index contributed by atoms with van der Waals surface area (Å²) in [5, 5.41) is 28.6. The normalized spacial score (nSPS) is 10.4. The molecule has 2 rings (SSSR count). The third-order valence-corrected chi connectivity index (χ3v) is 2.55. The number of nitriles is 1. The zero-order chi connectivity index (χ0) is 15.4. The van der Waals surface area contributed by atoms with Crippen LogP contribution in [-0.2, 0) is 0 Å². The molecule has 2 N–H and O–H groups in total. The summed E-state index contributed by atoms with van der Waals surface area (Å²) in [5.41, 5.74) is -0.793. The van der Waals surface area contributed by atoms with Crippen molar-refractivity contribution in [2.24, 2.45) is 0 Å². The van der Waals surface area contributed by atoms with Gasteiger partial charge in [-0.1, -0.05) is 18.2 Å². The van der Waals surface area contributed by atoms with E-state index in [4.69, 9.17) is 5.26 Å². The van der Waals surface area contributed by atoms with Crippen molar-refractivity contribution in [3.8, 4) is 11.9 Å². The molecular formula is C13H8N4O4. The average molecular weight is 284 g/mol. The van der Waals surface area contributed by atoms with Crippen LogP contribution in [0.5, 0.6) is 5.88 Å². The third-order valence-electron chi connectivity index (χ3n) is 2.55. The summed E-state index contributed by atoms with van der Waals surface area (Å²) in [6.45, 7) is 0. The molecule has 0 radical (unpaired) electrons. The van der Waals surface area contributed by atoms with E-state index in [2.05, 4.69) is 9.97 Å². The molecule has 8 nitrogen and oxygen atoms in total. The smallest absolute Gasteiger partial charge is 0.395 e. The molecule has 0 aliphatic heterocycles. The Morgan fingerprint density at radius 3 is 2.52 bits per heavy atom. The first-order chi connectivity index (χ1) is 10.0. The van der Waals surface area contributed by atoms with Crippen molar-refractivity contribution < 1.29 is 10.0 Å². The Bertz CT molecular complexity index is 816. The van der Waals surface area contributed by atoms with Gasteiger partial charge in [-0.3, -0.25) is 14.9 Å². The van der Waals surface area contributed by atoms with Crippen molar-refractivity contribution in [2.75, 3.05) is 0 Å². The standard InChI is InChI=1S/C13H8N4O4/c14-7-9-3-1-8(2-4-9)5-6-10-15-12(18)11(17(20)21)13(19)16-10/h1-6H,(H2,15,16,18,19). The van der Waals surface area contributed by atoms with E-state index in [1.54, 1.807) is 30.3 Å². The second kappa shape index (κ2) is 5.66. The number of nitro groups is 1. The first-order valence-electron chi connectivity index (χ1n) is 5.67. The first kappa shape index (κ1) is 14.0. The molecule has 21 heavy (non-hydrogen) atoms. The minimum Gasteiger partial charge on any atom is -0.488 e. The summed E-state index contributed by atoms with van der Waals surface area (Å²) < 4.78 is 0. The predicted octanol–water partition coefficient (Wildman–Crippen LogP) is 1.43. The lowest BCUT2D eigenvalue weighted by atomic mass is 10.1. The number of aromatic nitrogens is 2. The number of rotatable bonds is 3. The molecule has 0 atom stereocenters. The summed E-state index contributed by atoms with van der Waals surface area (Å²) in [7, 11) is 0. The third kappa shape index (κ3) is 3.10. The maximum atomic E-state index is 11.4. The van der Waals surface area contributed by atoms with E-state index in [0.717, 1.165) is 5.56 Å². The Labute approximate surface area is 117 Å². The number of nitrogens with one attached hydrogen (secondary N) is 1. The largest absolute Gasteiger partial charge is 0.488 e. The number of aromatic amines is 1. The van der Waals surface area contributed by atoms with Crippen LogP contribution >= 0.6 is 0 Å². The van der Waals surface area contributed by atoms with Crippen LogP contribution in [0.1, 0.15) is 17.0 Å². The van der Waals surface area contributed by atoms with Crippen molar-refractivity contribution >= 4 is 17.8 Å². The number of aromatic hydroxyl groups is 1. The first-order valence-corrected chi connectivity index (χ1v) is 5.67. The molecule has 0 fully saturated rings. The molecule has 104 valence electrons. The lowest BCUT2D eigenvalue weighted by Crippen LogP contribution is -2.14. The van der Waals surface area contributed by atoms with Crippen LogP contribution in [0.25, 0.3) is 12.2 Å². The van der Waals surface area contributed by atoms with Crippen LogP contribution in [0.3, 0.4) is 0 Å². The quantitative estimate of drug-likeness (QED) is 0.646. The zero-order valence-electron chi connectivity index (χ0n) is 10.5. The average Bonchev–Trinajstić information content (AvgIpc) is 2.44. The predicted molar refractivity (Wildman–Crippen MR) is 73.3 cm³/mol. The van der Waals surface area contributed by atoms with Gasteiger partial charge >= 0.3 is 11.2 Å². The molecule has 1 aromatic heterocycles. The van der Waals surface area contributed by atoms with Gasteiger partial charge in [-0.25, -0.2) is 0 Å². The van der Waals surface area contributed by atoms with Gasteiger partial charge in [-0.05, 0) is 23.8 Å². The Balaban J connectivity index is 2.31. The number of hydrogen-bond donors (Lipinski definition) is 2. The highest BCUT2D eigenvalue weighted by Gasteiger charge is 2.21. The molecule has 1 aromatic carbocycles. The molecule has 0 bridgehead atoms. The summed E-state index contributed by atoms with van der Waals surface area (Å²) in [5.74, 6) is -0.962. The molecule has 0 saturated carbocycles. The molecule has 2 aromatic rings. The van der Waals surface area contributed by atoms with Crippen molar-refractivity contribution in [2.45, 2.75) is 0 Å². The van der Waals surface area contributed by atoms with Crippen molar-refractivity contribution in [1.29, 1.82) is 5.26 Å². The number of nitrogens with zero attached hydrogens (tertiary/aromatic N) is 3. The number of H-pyrrole nitrogens is 1. The molecule has 0 saturated heterocycles. The fourth-order valence-corrected chi connectivity index (χ4v) is 1.56. The van der Waals surface area contributed by atoms with E-state index in [0.29, 0.717) is 5.56 Å². The SMILES string of the molecule is N#Cc1ccc(C=Cc2nc(O)c([N+](=O)[O-])c(=O)[nH]2)cc1. The second-order valence-corrected chi connectivity index (χ2v) is 3.95. The van der Waals surface area contributed by atoms with Crippen LogP contribution in [0.2, 0.25) is 0 Å². The van der Waals surface area contributed by atoms with Gasteiger partial charge in [0.2, 0.25) is 0 Å². The lowest BCUT2D eigenvalue weighted by Gasteiger charge is -1.97. The van der Waals surface area contributed by atoms with E-state index in [-0.39, 0.29) is 5.82 Å². The van der Waals surface area contributed by atoms with E-state index in [1.165, 1.54) is 6.08 Å². The maximum absolute atomic E-state index is 11.4. The van der Waals surface area contributed by atoms with Crippen LogP contribution in [-0.4, -0.2) is 20.0 Å². The van der Waals surface area contributed by atoms with Crippen molar-refractivity contribution in [3.63, 3.8) is 0 Å². The molecular weight excluding hydrogens is 276 g/mol. The van der Waals surface area contributed by atoms with E-state index < -0.39 is 22.0 Å². The summed E-state index contributed by atoms with van der Waals surface area (Å²) >= 11 is 0. The summed E-state index contributed by atoms with van der Waals surface area (Å²) in [6, 6.07) is 8.57. The van der Waals surface area contributed by atoms with Crippen LogP contribution in [0, 0.1) is 21.4 Å². The highest BCUT2D eigenvalue weighted by molar-refractivity contribution is 5.67. The van der Waals surface area contributed by atoms with Crippen LogP contribution in [0.4, 0.5) is 5.69 Å². The highest BCUT2D eigenvalue weighted by Crippen LogP contribution is 2.17. The van der Waals surface area contributed by atoms with Crippen LogP contribution < -0.4 is 5.56 Å². The van der Waals surface area contributed by atoms with Gasteiger partial charge in [-0.15, -0.1) is 0 Å². The topological polar surface area (TPSA) is 133 Å². The monoisotopic (exact) mass is 284 g/mol. The van der Waals surface area contributed by atoms with Gasteiger partial charge in [0.25, 0.3) is 5.88 Å². The van der Waals surface area contributed by atoms with Crippen molar-refractivity contribution in [1.82, 2.24) is 9.97 Å². The van der Waals surface area contributed by atoms with Gasteiger partial charge in [0.1, 0.15) is 5.82 Å². The minimum atomic E-state index is -1.04. The fraction of sp³-hybridized carbons (Fsp3) is 0. The molecule has 8 heteroatoms. The number of benzene rings is 1. The second-order valence-electron chi connectivity index (χ2n) is 3.95. The Morgan fingerprint density at radius 2 is 2.00 bits per heavy atom. The number of hydrogen-bond acceptors (Lipinski definition) is 6. The highest BCUT2D eigenvalue weighted by atomic mass is 16.6. The molecule has 0 spiro atoms. The van der Waals surface area contributed by atoms with E-state index in [1.807, 2.05) is 6.07 Å².